The molecule has 3 aliphatic heterocycles. The maximum atomic E-state index is 13.2. The summed E-state index contributed by atoms with van der Waals surface area (Å²) in [5.41, 5.74) is 1.01. The molecule has 7 nitrogen and oxygen atoms in total. The fraction of sp³-hybridized carbons (Fsp3) is 0.833. The third-order valence-corrected chi connectivity index (χ3v) is 10.8. The number of likely N-dealkylation sites (tertiary alicyclic amines) is 1. The first-order chi connectivity index (χ1) is 13.1. The Morgan fingerprint density at radius 1 is 0.963 bits per heavy atom. The van der Waals surface area contributed by atoms with E-state index in [-0.39, 0.29) is 5.97 Å². The summed E-state index contributed by atoms with van der Waals surface area (Å²) in [5.74, 6) is -0.247. The van der Waals surface area contributed by atoms with Gasteiger partial charge in [-0.25, -0.2) is 4.79 Å². The summed E-state index contributed by atoms with van der Waals surface area (Å²) in [5, 5.41) is 0.713. The van der Waals surface area contributed by atoms with Crippen LogP contribution < -0.4 is 0 Å². The molecule has 3 aliphatic rings. The molecule has 0 unspecified atom stereocenters. The van der Waals surface area contributed by atoms with Gasteiger partial charge in [0.15, 0.2) is 0 Å². The van der Waals surface area contributed by atoms with Crippen LogP contribution >= 0.6 is 6.34 Å². The molecule has 3 fully saturated rings. The summed E-state index contributed by atoms with van der Waals surface area (Å²) in [6, 6.07) is 0. The van der Waals surface area contributed by atoms with Crippen LogP contribution in [0.4, 0.5) is 0 Å². The summed E-state index contributed by atoms with van der Waals surface area (Å²) in [6.07, 6.45) is -0.155. The number of rotatable bonds is 6. The van der Waals surface area contributed by atoms with Gasteiger partial charge < -0.3 is 19.1 Å². The second-order valence-corrected chi connectivity index (χ2v) is 11.2. The molecular formula is C18H32N3O4PS. The molecule has 0 amide bonds. The normalized spacial score (nSPS) is 24.0. The van der Waals surface area contributed by atoms with Gasteiger partial charge in [0, 0.05) is 45.0 Å². The molecule has 0 bridgehead atoms. The smallest absolute Gasteiger partial charge is 0.343 e. The standard InChI is InChI=1S/C18H32N3O4PS/c1-3-25-18(22)17(16(2)19-6-4-5-7-19)26(27,20-8-12-23-13-9-20)21-10-14-24-15-11-21/h3-15H2,1-2H3/b17-16+. The predicted octanol–water partition coefficient (Wildman–Crippen LogP) is 1.85. The van der Waals surface area contributed by atoms with Crippen LogP contribution in [0.1, 0.15) is 26.7 Å². The summed E-state index contributed by atoms with van der Waals surface area (Å²) in [6.45, 7) is 11.9. The topological polar surface area (TPSA) is 54.5 Å². The number of carbonyl (C=O) groups is 1. The van der Waals surface area contributed by atoms with Crippen molar-refractivity contribution in [1.29, 1.82) is 0 Å². The summed E-state index contributed by atoms with van der Waals surface area (Å²) >= 11 is 6.43. The quantitative estimate of drug-likeness (QED) is 0.369. The van der Waals surface area contributed by atoms with Crippen LogP contribution in [0.2, 0.25) is 0 Å². The highest BCUT2D eigenvalue weighted by Crippen LogP contribution is 2.62. The van der Waals surface area contributed by atoms with Crippen molar-refractivity contribution in [3.8, 4) is 0 Å². The number of nitrogens with zero attached hydrogens (tertiary/aromatic N) is 3. The van der Waals surface area contributed by atoms with Gasteiger partial charge in [0.05, 0.1) is 33.0 Å². The van der Waals surface area contributed by atoms with Crippen molar-refractivity contribution in [2.24, 2.45) is 0 Å². The molecule has 154 valence electrons. The highest BCUT2D eigenvalue weighted by molar-refractivity contribution is 8.14. The summed E-state index contributed by atoms with van der Waals surface area (Å²) in [7, 11) is 0. The third kappa shape index (κ3) is 4.57. The molecule has 0 radical (unpaired) electrons. The highest BCUT2D eigenvalue weighted by atomic mass is 32.4. The van der Waals surface area contributed by atoms with E-state index in [2.05, 4.69) is 21.2 Å². The molecule has 0 N–H and O–H groups in total. The molecule has 0 saturated carbocycles. The van der Waals surface area contributed by atoms with Crippen molar-refractivity contribution in [3.05, 3.63) is 11.0 Å². The Labute approximate surface area is 167 Å². The molecule has 0 atom stereocenters. The monoisotopic (exact) mass is 417 g/mol. The number of carbonyl (C=O) groups excluding carboxylic acids is 1. The van der Waals surface area contributed by atoms with Crippen molar-refractivity contribution in [1.82, 2.24) is 14.2 Å². The van der Waals surface area contributed by atoms with Gasteiger partial charge in [-0.3, -0.25) is 9.34 Å². The number of allylic oxidation sites excluding steroid dienone is 1. The number of esters is 1. The van der Waals surface area contributed by atoms with E-state index in [1.54, 1.807) is 0 Å². The lowest BCUT2D eigenvalue weighted by Gasteiger charge is -2.46. The van der Waals surface area contributed by atoms with E-state index in [1.807, 2.05) is 6.92 Å². The van der Waals surface area contributed by atoms with Gasteiger partial charge in [0.1, 0.15) is 11.7 Å². The van der Waals surface area contributed by atoms with Gasteiger partial charge in [-0.1, -0.05) is 11.8 Å². The van der Waals surface area contributed by atoms with Crippen molar-refractivity contribution in [2.75, 3.05) is 72.3 Å². The first-order valence-electron chi connectivity index (χ1n) is 9.99. The molecular weight excluding hydrogens is 385 g/mol. The van der Waals surface area contributed by atoms with E-state index in [1.165, 1.54) is 0 Å². The number of hydrogen-bond acceptors (Lipinski definition) is 6. The van der Waals surface area contributed by atoms with Crippen molar-refractivity contribution < 1.29 is 19.0 Å². The zero-order valence-electron chi connectivity index (χ0n) is 16.5. The number of morpholine rings is 2. The molecule has 0 aromatic rings. The molecule has 0 spiro atoms. The molecule has 3 rings (SSSR count). The van der Waals surface area contributed by atoms with E-state index >= 15 is 0 Å². The van der Waals surface area contributed by atoms with E-state index in [0.29, 0.717) is 38.3 Å². The molecule has 3 saturated heterocycles. The lowest BCUT2D eigenvalue weighted by Crippen LogP contribution is -2.44. The lowest BCUT2D eigenvalue weighted by atomic mass is 10.4. The Morgan fingerprint density at radius 3 is 1.89 bits per heavy atom. The van der Waals surface area contributed by atoms with Gasteiger partial charge in [-0.2, -0.15) is 0 Å². The van der Waals surface area contributed by atoms with Crippen LogP contribution in [-0.2, 0) is 30.8 Å². The first kappa shape index (κ1) is 21.2. The van der Waals surface area contributed by atoms with Gasteiger partial charge in [0.2, 0.25) is 0 Å². The Balaban J connectivity index is 2.06. The molecule has 0 aromatic carbocycles. The van der Waals surface area contributed by atoms with E-state index in [0.717, 1.165) is 57.8 Å². The van der Waals surface area contributed by atoms with Gasteiger partial charge in [-0.15, -0.1) is 0 Å². The largest absolute Gasteiger partial charge is 0.462 e. The van der Waals surface area contributed by atoms with E-state index < -0.39 is 6.34 Å². The molecule has 3 heterocycles. The van der Waals surface area contributed by atoms with E-state index in [4.69, 9.17) is 26.0 Å². The van der Waals surface area contributed by atoms with Crippen LogP contribution in [0.15, 0.2) is 11.0 Å². The maximum Gasteiger partial charge on any atom is 0.343 e. The van der Waals surface area contributed by atoms with Crippen molar-refractivity contribution in [2.45, 2.75) is 26.7 Å². The second kappa shape index (κ2) is 9.81. The number of hydrogen-bond donors (Lipinski definition) is 0. The van der Waals surface area contributed by atoms with Crippen LogP contribution in [-0.4, -0.2) is 92.5 Å². The fourth-order valence-electron chi connectivity index (χ4n) is 3.99. The fourth-order valence-corrected chi connectivity index (χ4v) is 8.79. The van der Waals surface area contributed by atoms with Crippen LogP contribution in [0.3, 0.4) is 0 Å². The van der Waals surface area contributed by atoms with E-state index in [9.17, 15) is 4.79 Å². The molecule has 27 heavy (non-hydrogen) atoms. The Bertz CT molecular complexity index is 575. The zero-order valence-corrected chi connectivity index (χ0v) is 18.2. The van der Waals surface area contributed by atoms with Crippen LogP contribution in [0, 0.1) is 0 Å². The third-order valence-electron chi connectivity index (χ3n) is 5.42. The lowest BCUT2D eigenvalue weighted by molar-refractivity contribution is -0.137. The average Bonchev–Trinajstić information content (AvgIpc) is 3.24. The summed E-state index contributed by atoms with van der Waals surface area (Å²) < 4.78 is 21.3. The molecule has 9 heteroatoms. The zero-order chi connectivity index (χ0) is 19.3. The average molecular weight is 418 g/mol. The molecule has 0 aliphatic carbocycles. The number of ether oxygens (including phenoxy) is 3. The van der Waals surface area contributed by atoms with Gasteiger partial charge >= 0.3 is 5.97 Å². The van der Waals surface area contributed by atoms with Gasteiger partial charge in [-0.05, 0) is 26.7 Å². The minimum absolute atomic E-state index is 0.247. The second-order valence-electron chi connectivity index (χ2n) is 7.02. The van der Waals surface area contributed by atoms with Crippen molar-refractivity contribution >= 4 is 24.1 Å². The first-order valence-corrected chi connectivity index (χ1v) is 12.7. The van der Waals surface area contributed by atoms with Crippen LogP contribution in [0.25, 0.3) is 0 Å². The van der Waals surface area contributed by atoms with Crippen molar-refractivity contribution in [3.63, 3.8) is 0 Å². The highest BCUT2D eigenvalue weighted by Gasteiger charge is 2.43. The van der Waals surface area contributed by atoms with Crippen LogP contribution in [0.5, 0.6) is 0 Å². The predicted molar refractivity (Wildman–Crippen MR) is 109 cm³/mol. The minimum Gasteiger partial charge on any atom is -0.462 e. The molecule has 0 aromatic heterocycles. The SMILES string of the molecule is CCOC(=O)/C(=C(/C)N1CCCC1)P(=S)(N1CCOCC1)N1CCOCC1. The minimum atomic E-state index is -2.47. The summed E-state index contributed by atoms with van der Waals surface area (Å²) in [4.78, 5) is 15.5. The maximum absolute atomic E-state index is 13.2. The Morgan fingerprint density at radius 2 is 1.44 bits per heavy atom. The Hall–Kier alpha value is -0.500. The Kier molecular flexibility index (Phi) is 7.71. The van der Waals surface area contributed by atoms with Gasteiger partial charge in [0.25, 0.3) is 0 Å².